The Bertz CT molecular complexity index is 1410. The summed E-state index contributed by atoms with van der Waals surface area (Å²) < 4.78 is 19.2. The van der Waals surface area contributed by atoms with E-state index in [1.807, 2.05) is 24.3 Å². The number of benzene rings is 3. The molecule has 0 atom stereocenters. The van der Waals surface area contributed by atoms with Gasteiger partial charge >= 0.3 is 7.12 Å². The molecular weight excluding hydrogens is 361 g/mol. The molecule has 0 spiro atoms. The summed E-state index contributed by atoms with van der Waals surface area (Å²) in [4.78, 5) is 3.58. The molecule has 6 rings (SSSR count). The lowest BCUT2D eigenvalue weighted by Crippen LogP contribution is -2.41. The monoisotopic (exact) mass is 383 g/mol. The molecule has 0 unspecified atom stereocenters. The van der Waals surface area contributed by atoms with Crippen molar-refractivity contribution in [1.82, 2.24) is 4.98 Å². The van der Waals surface area contributed by atoms with Gasteiger partial charge in [0.25, 0.3) is 0 Å². The third-order valence-corrected chi connectivity index (χ3v) is 6.66. The molecule has 0 bridgehead atoms. The summed E-state index contributed by atoms with van der Waals surface area (Å²) in [6.07, 6.45) is 0. The molecule has 3 heterocycles. The second kappa shape index (κ2) is 5.44. The lowest BCUT2D eigenvalue weighted by molar-refractivity contribution is 0.00578. The molecule has 1 aliphatic heterocycles. The summed E-state index contributed by atoms with van der Waals surface area (Å²) in [5, 5.41) is 4.42. The molecule has 4 nitrogen and oxygen atoms in total. The van der Waals surface area contributed by atoms with E-state index in [1.165, 1.54) is 0 Å². The third kappa shape index (κ3) is 2.23. The molecule has 1 saturated heterocycles. The van der Waals surface area contributed by atoms with Crippen LogP contribution in [-0.2, 0) is 9.31 Å². The number of para-hydroxylation sites is 2. The van der Waals surface area contributed by atoms with E-state index in [0.717, 1.165) is 49.2 Å². The van der Waals surface area contributed by atoms with Crippen LogP contribution in [0.25, 0.3) is 43.7 Å². The molecule has 0 saturated carbocycles. The van der Waals surface area contributed by atoms with E-state index >= 15 is 0 Å². The second-order valence-electron chi connectivity index (χ2n) is 8.95. The van der Waals surface area contributed by atoms with Crippen molar-refractivity contribution in [3.63, 3.8) is 0 Å². The van der Waals surface area contributed by atoms with Gasteiger partial charge in [-0.1, -0.05) is 36.4 Å². The lowest BCUT2D eigenvalue weighted by atomic mass is 9.75. The van der Waals surface area contributed by atoms with E-state index in [4.69, 9.17) is 13.7 Å². The number of H-pyrrole nitrogens is 1. The fourth-order valence-corrected chi connectivity index (χ4v) is 4.39. The average molecular weight is 383 g/mol. The summed E-state index contributed by atoms with van der Waals surface area (Å²) in [6, 6.07) is 18.7. The van der Waals surface area contributed by atoms with Gasteiger partial charge in [0.2, 0.25) is 0 Å². The molecular formula is C24H22BNO3. The predicted molar refractivity (Wildman–Crippen MR) is 119 cm³/mol. The van der Waals surface area contributed by atoms with Crippen LogP contribution in [0.1, 0.15) is 27.7 Å². The van der Waals surface area contributed by atoms with Crippen LogP contribution in [-0.4, -0.2) is 23.3 Å². The Balaban J connectivity index is 1.75. The lowest BCUT2D eigenvalue weighted by Gasteiger charge is -2.32. The largest absolute Gasteiger partial charge is 0.495 e. The normalized spacial score (nSPS) is 18.6. The highest BCUT2D eigenvalue weighted by molar-refractivity contribution is 6.66. The molecule has 0 radical (unpaired) electrons. The van der Waals surface area contributed by atoms with E-state index < -0.39 is 18.3 Å². The molecule has 1 N–H and O–H groups in total. The topological polar surface area (TPSA) is 47.4 Å². The van der Waals surface area contributed by atoms with Crippen LogP contribution in [0.3, 0.4) is 0 Å². The summed E-state index contributed by atoms with van der Waals surface area (Å²) in [5.41, 5.74) is 4.06. The zero-order valence-electron chi connectivity index (χ0n) is 17.0. The molecule has 29 heavy (non-hydrogen) atoms. The van der Waals surface area contributed by atoms with Crippen molar-refractivity contribution in [3.8, 4) is 0 Å². The number of nitrogens with one attached hydrogen (secondary N) is 1. The van der Waals surface area contributed by atoms with Crippen LogP contribution in [0.15, 0.2) is 59.0 Å². The Morgan fingerprint density at radius 1 is 0.793 bits per heavy atom. The van der Waals surface area contributed by atoms with Crippen molar-refractivity contribution in [2.75, 3.05) is 0 Å². The van der Waals surface area contributed by atoms with E-state index in [1.54, 1.807) is 0 Å². The maximum Gasteiger partial charge on any atom is 0.495 e. The zero-order chi connectivity index (χ0) is 20.0. The minimum atomic E-state index is -0.445. The average Bonchev–Trinajstić information content (AvgIpc) is 3.30. The molecule has 0 aliphatic carbocycles. The molecule has 5 heteroatoms. The molecule has 144 valence electrons. The molecule has 1 aliphatic rings. The highest BCUT2D eigenvalue weighted by Crippen LogP contribution is 2.40. The van der Waals surface area contributed by atoms with Crippen molar-refractivity contribution < 1.29 is 13.7 Å². The van der Waals surface area contributed by atoms with Crippen molar-refractivity contribution in [3.05, 3.63) is 54.6 Å². The highest BCUT2D eigenvalue weighted by Gasteiger charge is 2.52. The summed E-state index contributed by atoms with van der Waals surface area (Å²) in [5.74, 6) is 0. The van der Waals surface area contributed by atoms with Crippen molar-refractivity contribution >= 4 is 56.3 Å². The van der Waals surface area contributed by atoms with Crippen molar-refractivity contribution in [1.29, 1.82) is 0 Å². The van der Waals surface area contributed by atoms with Gasteiger partial charge in [-0.2, -0.15) is 0 Å². The van der Waals surface area contributed by atoms with Gasteiger partial charge in [-0.05, 0) is 51.4 Å². The number of hydrogen-bond donors (Lipinski definition) is 1. The Labute approximate surface area is 168 Å². The Morgan fingerprint density at radius 2 is 1.45 bits per heavy atom. The van der Waals surface area contributed by atoms with Crippen LogP contribution in [0.2, 0.25) is 0 Å². The Hall–Kier alpha value is -2.76. The first kappa shape index (κ1) is 17.1. The van der Waals surface area contributed by atoms with Gasteiger partial charge in [-0.15, -0.1) is 0 Å². The summed E-state index contributed by atoms with van der Waals surface area (Å²) >= 11 is 0. The van der Waals surface area contributed by atoms with Gasteiger partial charge in [-0.25, -0.2) is 0 Å². The maximum atomic E-state index is 6.45. The first-order valence-corrected chi connectivity index (χ1v) is 10.1. The van der Waals surface area contributed by atoms with E-state index in [2.05, 4.69) is 63.0 Å². The van der Waals surface area contributed by atoms with Gasteiger partial charge in [-0.3, -0.25) is 0 Å². The zero-order valence-corrected chi connectivity index (χ0v) is 17.0. The quantitative estimate of drug-likeness (QED) is 0.388. The van der Waals surface area contributed by atoms with Gasteiger partial charge < -0.3 is 18.7 Å². The van der Waals surface area contributed by atoms with Gasteiger partial charge in [0, 0.05) is 27.1 Å². The standard InChI is InChI=1S/C24H22BNO3/c1-23(2)24(3,4)29-25(28-23)17-13-16-14-9-6-8-12-19(14)27-22(16)21-20(17)15-10-5-7-11-18(15)26-21/h5-13,26H,1-4H3. The number of furan rings is 1. The fourth-order valence-electron chi connectivity index (χ4n) is 4.39. The Morgan fingerprint density at radius 3 is 2.21 bits per heavy atom. The molecule has 1 fully saturated rings. The molecule has 0 amide bonds. The first-order valence-electron chi connectivity index (χ1n) is 10.1. The number of aromatic nitrogens is 1. The molecule has 5 aromatic rings. The molecule has 2 aromatic heterocycles. The van der Waals surface area contributed by atoms with Gasteiger partial charge in [0.15, 0.2) is 5.58 Å². The van der Waals surface area contributed by atoms with E-state index in [0.29, 0.717) is 0 Å². The van der Waals surface area contributed by atoms with Crippen LogP contribution < -0.4 is 5.46 Å². The van der Waals surface area contributed by atoms with Crippen LogP contribution in [0.5, 0.6) is 0 Å². The molecule has 3 aromatic carbocycles. The SMILES string of the molecule is CC1(C)OB(c2cc3c4ccccc4oc3c3[nH]c4ccccc4c23)OC1(C)C. The number of aromatic amines is 1. The maximum absolute atomic E-state index is 6.45. The highest BCUT2D eigenvalue weighted by atomic mass is 16.7. The first-order chi connectivity index (χ1) is 13.9. The third-order valence-electron chi connectivity index (χ3n) is 6.66. The van der Waals surface area contributed by atoms with Crippen LogP contribution in [0, 0.1) is 0 Å². The van der Waals surface area contributed by atoms with E-state index in [9.17, 15) is 0 Å². The summed E-state index contributed by atoms with van der Waals surface area (Å²) in [6.45, 7) is 8.35. The van der Waals surface area contributed by atoms with Crippen LogP contribution in [0.4, 0.5) is 0 Å². The number of fused-ring (bicyclic) bond motifs is 7. The fraction of sp³-hybridized carbons (Fsp3) is 0.250. The van der Waals surface area contributed by atoms with Gasteiger partial charge in [0.1, 0.15) is 5.58 Å². The minimum Gasteiger partial charge on any atom is -0.454 e. The van der Waals surface area contributed by atoms with E-state index in [-0.39, 0.29) is 0 Å². The smallest absolute Gasteiger partial charge is 0.454 e. The van der Waals surface area contributed by atoms with Gasteiger partial charge in [0.05, 0.1) is 16.7 Å². The second-order valence-corrected chi connectivity index (χ2v) is 8.95. The predicted octanol–water partition coefficient (Wildman–Crippen LogP) is 5.52. The number of hydrogen-bond acceptors (Lipinski definition) is 3. The van der Waals surface area contributed by atoms with Crippen molar-refractivity contribution in [2.45, 2.75) is 38.9 Å². The Kier molecular flexibility index (Phi) is 3.21. The minimum absolute atomic E-state index is 0.399. The summed E-state index contributed by atoms with van der Waals surface area (Å²) in [7, 11) is -0.445. The van der Waals surface area contributed by atoms with Crippen molar-refractivity contribution in [2.24, 2.45) is 0 Å². The van der Waals surface area contributed by atoms with Crippen LogP contribution >= 0.6 is 0 Å². The number of rotatable bonds is 1.